The summed E-state index contributed by atoms with van der Waals surface area (Å²) in [5, 5.41) is 3.40. The van der Waals surface area contributed by atoms with Crippen LogP contribution in [0.15, 0.2) is 0 Å². The Balaban J connectivity index is 1.76. The third kappa shape index (κ3) is 4.43. The van der Waals surface area contributed by atoms with Gasteiger partial charge in [-0.2, -0.15) is 0 Å². The molecule has 1 saturated carbocycles. The predicted octanol–water partition coefficient (Wildman–Crippen LogP) is 0.872. The van der Waals surface area contributed by atoms with Crippen molar-refractivity contribution in [3.05, 3.63) is 0 Å². The molecule has 0 radical (unpaired) electrons. The molecule has 3 atom stereocenters. The lowest BCUT2D eigenvalue weighted by molar-refractivity contribution is -0.124. The van der Waals surface area contributed by atoms with E-state index >= 15 is 0 Å². The molecule has 1 amide bonds. The molecule has 20 heavy (non-hydrogen) atoms. The molecule has 2 aliphatic rings. The van der Waals surface area contributed by atoms with Gasteiger partial charge in [-0.05, 0) is 53.0 Å². The molecular weight excluding hydrogens is 254 g/mol. The van der Waals surface area contributed by atoms with E-state index < -0.39 is 5.54 Å². The Morgan fingerprint density at radius 2 is 1.95 bits per heavy atom. The van der Waals surface area contributed by atoms with Crippen molar-refractivity contribution in [2.75, 3.05) is 19.6 Å². The summed E-state index contributed by atoms with van der Waals surface area (Å²) < 4.78 is 5.73. The van der Waals surface area contributed by atoms with Crippen molar-refractivity contribution >= 4 is 5.91 Å². The van der Waals surface area contributed by atoms with Crippen molar-refractivity contribution in [2.45, 2.75) is 70.2 Å². The fourth-order valence-electron chi connectivity index (χ4n) is 3.07. The number of primary amides is 1. The molecule has 5 heteroatoms. The molecule has 2 rings (SSSR count). The van der Waals surface area contributed by atoms with E-state index in [9.17, 15) is 4.79 Å². The summed E-state index contributed by atoms with van der Waals surface area (Å²) in [4.78, 5) is 14.1. The molecule has 5 nitrogen and oxygen atoms in total. The number of nitrogens with zero attached hydrogens (tertiary/aromatic N) is 1. The molecule has 3 unspecified atom stereocenters. The zero-order valence-corrected chi connectivity index (χ0v) is 13.0. The summed E-state index contributed by atoms with van der Waals surface area (Å²) in [5.74, 6) is -0.229. The molecule has 2 fully saturated rings. The third-order valence-corrected chi connectivity index (χ3v) is 4.29. The average Bonchev–Trinajstić information content (AvgIpc) is 3.11. The van der Waals surface area contributed by atoms with Crippen LogP contribution in [0.3, 0.4) is 0 Å². The molecule has 1 heterocycles. The van der Waals surface area contributed by atoms with E-state index in [4.69, 9.17) is 10.5 Å². The van der Waals surface area contributed by atoms with Gasteiger partial charge in [0.25, 0.3) is 0 Å². The van der Waals surface area contributed by atoms with Gasteiger partial charge in [0.2, 0.25) is 5.91 Å². The van der Waals surface area contributed by atoms with Crippen LogP contribution in [0, 0.1) is 0 Å². The second-order valence-electron chi connectivity index (χ2n) is 6.74. The number of nitrogens with two attached hydrogens (primary N) is 1. The monoisotopic (exact) mass is 283 g/mol. The first kappa shape index (κ1) is 15.7. The molecule has 0 aromatic rings. The fraction of sp³-hybridized carbons (Fsp3) is 0.933. The van der Waals surface area contributed by atoms with Crippen LogP contribution in [0.4, 0.5) is 0 Å². The van der Waals surface area contributed by atoms with Crippen molar-refractivity contribution in [3.8, 4) is 0 Å². The molecule has 1 aliphatic heterocycles. The van der Waals surface area contributed by atoms with Crippen LogP contribution < -0.4 is 11.1 Å². The lowest BCUT2D eigenvalue weighted by atomic mass is 9.94. The number of ether oxygens (including phenoxy) is 1. The largest absolute Gasteiger partial charge is 0.373 e. The number of rotatable bonds is 7. The summed E-state index contributed by atoms with van der Waals surface area (Å²) in [6.45, 7) is 9.14. The lowest BCUT2D eigenvalue weighted by Gasteiger charge is -2.36. The lowest BCUT2D eigenvalue weighted by Crippen LogP contribution is -2.54. The highest BCUT2D eigenvalue weighted by Gasteiger charge is 2.36. The molecule has 0 aromatic heterocycles. The van der Waals surface area contributed by atoms with Crippen LogP contribution in [0.2, 0.25) is 0 Å². The van der Waals surface area contributed by atoms with Crippen LogP contribution in [-0.4, -0.2) is 54.2 Å². The number of carbonyl (C=O) groups is 1. The maximum atomic E-state index is 11.7. The number of carbonyl (C=O) groups excluding carboxylic acids is 1. The van der Waals surface area contributed by atoms with Crippen LogP contribution in [0.1, 0.15) is 46.5 Å². The van der Waals surface area contributed by atoms with Gasteiger partial charge in [0.15, 0.2) is 0 Å². The summed E-state index contributed by atoms with van der Waals surface area (Å²) >= 11 is 0. The second kappa shape index (κ2) is 6.41. The van der Waals surface area contributed by atoms with E-state index in [1.807, 2.05) is 6.92 Å². The molecule has 1 aliphatic carbocycles. The first-order chi connectivity index (χ1) is 9.39. The summed E-state index contributed by atoms with van der Waals surface area (Å²) in [6.07, 6.45) is 4.72. The molecule has 116 valence electrons. The summed E-state index contributed by atoms with van der Waals surface area (Å²) in [5.41, 5.74) is 5.02. The van der Waals surface area contributed by atoms with Crippen molar-refractivity contribution in [2.24, 2.45) is 5.73 Å². The molecule has 0 spiro atoms. The number of amides is 1. The summed E-state index contributed by atoms with van der Waals surface area (Å²) in [6, 6.07) is 0.496. The minimum Gasteiger partial charge on any atom is -0.373 e. The van der Waals surface area contributed by atoms with Crippen molar-refractivity contribution in [1.29, 1.82) is 0 Å². The Bertz CT molecular complexity index is 336. The molecular formula is C15H29N3O2. The topological polar surface area (TPSA) is 67.6 Å². The van der Waals surface area contributed by atoms with Crippen LogP contribution in [-0.2, 0) is 9.53 Å². The Morgan fingerprint density at radius 1 is 1.35 bits per heavy atom. The van der Waals surface area contributed by atoms with Crippen molar-refractivity contribution in [1.82, 2.24) is 10.2 Å². The first-order valence-electron chi connectivity index (χ1n) is 7.84. The Morgan fingerprint density at radius 3 is 2.45 bits per heavy atom. The van der Waals surface area contributed by atoms with E-state index in [1.165, 1.54) is 12.8 Å². The van der Waals surface area contributed by atoms with Crippen molar-refractivity contribution < 1.29 is 9.53 Å². The Hall–Kier alpha value is -0.650. The minimum atomic E-state index is -0.551. The van der Waals surface area contributed by atoms with E-state index in [2.05, 4.69) is 24.1 Å². The quantitative estimate of drug-likeness (QED) is 0.727. The van der Waals surface area contributed by atoms with Crippen LogP contribution >= 0.6 is 0 Å². The van der Waals surface area contributed by atoms with Gasteiger partial charge in [0.1, 0.15) is 0 Å². The smallest absolute Gasteiger partial charge is 0.237 e. The summed E-state index contributed by atoms with van der Waals surface area (Å²) in [7, 11) is 0. The predicted molar refractivity (Wildman–Crippen MR) is 79.4 cm³/mol. The minimum absolute atomic E-state index is 0.229. The highest BCUT2D eigenvalue weighted by Crippen LogP contribution is 2.25. The van der Waals surface area contributed by atoms with Crippen LogP contribution in [0.25, 0.3) is 0 Å². The van der Waals surface area contributed by atoms with E-state index in [0.29, 0.717) is 18.2 Å². The van der Waals surface area contributed by atoms with Gasteiger partial charge in [-0.15, -0.1) is 0 Å². The highest BCUT2D eigenvalue weighted by molar-refractivity contribution is 5.84. The maximum Gasteiger partial charge on any atom is 0.237 e. The number of nitrogens with one attached hydrogen (secondary N) is 1. The molecule has 0 aromatic carbocycles. The maximum absolute atomic E-state index is 11.7. The fourth-order valence-corrected chi connectivity index (χ4v) is 3.07. The van der Waals surface area contributed by atoms with E-state index in [0.717, 1.165) is 32.5 Å². The second-order valence-corrected chi connectivity index (χ2v) is 6.74. The highest BCUT2D eigenvalue weighted by atomic mass is 16.5. The van der Waals surface area contributed by atoms with Gasteiger partial charge in [-0.25, -0.2) is 0 Å². The van der Waals surface area contributed by atoms with Gasteiger partial charge in [-0.3, -0.25) is 9.69 Å². The van der Waals surface area contributed by atoms with Crippen molar-refractivity contribution in [3.63, 3.8) is 0 Å². The Labute approximate surface area is 122 Å². The molecule has 3 N–H and O–H groups in total. The normalized spacial score (nSPS) is 30.9. The number of hydrogen-bond acceptors (Lipinski definition) is 4. The van der Waals surface area contributed by atoms with Gasteiger partial charge in [0, 0.05) is 19.1 Å². The third-order valence-electron chi connectivity index (χ3n) is 4.29. The Kier molecular flexibility index (Phi) is 5.04. The zero-order valence-electron chi connectivity index (χ0n) is 13.0. The number of morpholine rings is 1. The van der Waals surface area contributed by atoms with Gasteiger partial charge < -0.3 is 15.8 Å². The van der Waals surface area contributed by atoms with Gasteiger partial charge >= 0.3 is 0 Å². The van der Waals surface area contributed by atoms with Crippen LogP contribution in [0.5, 0.6) is 0 Å². The standard InChI is InChI=1S/C15H29N3O2/c1-11-9-18(10-12(2)20-11)8-4-7-15(3,14(16)19)17-13-5-6-13/h11-13,17H,4-10H2,1-3H3,(H2,16,19). The zero-order chi connectivity index (χ0) is 14.8. The first-order valence-corrected chi connectivity index (χ1v) is 7.84. The van der Waals surface area contributed by atoms with Gasteiger partial charge in [0.05, 0.1) is 17.7 Å². The van der Waals surface area contributed by atoms with E-state index in [1.54, 1.807) is 0 Å². The molecule has 0 bridgehead atoms. The average molecular weight is 283 g/mol. The molecule has 1 saturated heterocycles. The SMILES string of the molecule is CC1CN(CCCC(C)(NC2CC2)C(N)=O)CC(C)O1. The van der Waals surface area contributed by atoms with Gasteiger partial charge in [-0.1, -0.05) is 0 Å². The van der Waals surface area contributed by atoms with E-state index in [-0.39, 0.29) is 5.91 Å². The number of hydrogen-bond donors (Lipinski definition) is 2.